The molecule has 276 valence electrons. The van der Waals surface area contributed by atoms with E-state index in [1.54, 1.807) is 7.11 Å². The average Bonchev–Trinajstić information content (AvgIpc) is 3.23. The fraction of sp³-hybridized carbons (Fsp3) is 0.234. The largest absolute Gasteiger partial charge is 0.489 e. The number of ether oxygens (including phenoxy) is 6. The van der Waals surface area contributed by atoms with E-state index in [4.69, 9.17) is 40.0 Å². The van der Waals surface area contributed by atoms with Gasteiger partial charge in [-0.25, -0.2) is 0 Å². The lowest BCUT2D eigenvalue weighted by molar-refractivity contribution is -0.360. The Bertz CT molecular complexity index is 2010. The van der Waals surface area contributed by atoms with Crippen molar-refractivity contribution < 1.29 is 28.4 Å². The van der Waals surface area contributed by atoms with Crippen LogP contribution in [0, 0.1) is 0 Å². The maximum Gasteiger partial charge on any atom is 0.224 e. The lowest BCUT2D eigenvalue weighted by Gasteiger charge is -2.49. The molecule has 0 aromatic heterocycles. The molecule has 1 aliphatic rings. The van der Waals surface area contributed by atoms with E-state index in [-0.39, 0.29) is 6.61 Å². The van der Waals surface area contributed by atoms with Crippen LogP contribution in [0.4, 0.5) is 0 Å². The third-order valence-corrected chi connectivity index (χ3v) is 10.1. The van der Waals surface area contributed by atoms with Crippen LogP contribution < -0.4 is 4.74 Å². The molecule has 4 unspecified atom stereocenters. The molecule has 6 nitrogen and oxygen atoms in total. The molecule has 0 amide bonds. The Morgan fingerprint density at radius 3 is 1.65 bits per heavy atom. The topological polar surface area (TPSA) is 55.4 Å². The summed E-state index contributed by atoms with van der Waals surface area (Å²) in [5.74, 6) is -0.530. The fourth-order valence-corrected chi connectivity index (χ4v) is 6.96. The Labute approximate surface area is 323 Å². The highest BCUT2D eigenvalue weighted by Gasteiger charge is 2.55. The molecule has 0 saturated carbocycles. The van der Waals surface area contributed by atoms with Gasteiger partial charge in [0.1, 0.15) is 30.7 Å². The van der Waals surface area contributed by atoms with E-state index in [9.17, 15) is 0 Å². The Morgan fingerprint density at radius 2 is 1.09 bits per heavy atom. The van der Waals surface area contributed by atoms with Crippen molar-refractivity contribution in [2.24, 2.45) is 0 Å². The highest BCUT2D eigenvalue weighted by atomic mass is 35.5. The first kappa shape index (κ1) is 37.5. The first-order valence-corrected chi connectivity index (χ1v) is 18.7. The van der Waals surface area contributed by atoms with Crippen molar-refractivity contribution in [3.05, 3.63) is 208 Å². The van der Waals surface area contributed by atoms with Gasteiger partial charge in [-0.15, -0.1) is 0 Å². The van der Waals surface area contributed by atoms with E-state index in [1.165, 1.54) is 0 Å². The van der Waals surface area contributed by atoms with Gasteiger partial charge in [-0.1, -0.05) is 151 Å². The molecule has 1 heterocycles. The van der Waals surface area contributed by atoms with Gasteiger partial charge in [-0.2, -0.15) is 0 Å². The lowest BCUT2D eigenvalue weighted by atomic mass is 9.88. The SMILES string of the molecule is COC1(c2ccc(Cl)c(Cc3ccc(OCc4ccccc4)cc3)c2)OCC(OCc2ccccc2)C(OCc2ccccc2)C1OCc1ccccc1. The van der Waals surface area contributed by atoms with Crippen molar-refractivity contribution >= 4 is 11.6 Å². The van der Waals surface area contributed by atoms with Crippen molar-refractivity contribution in [3.8, 4) is 5.75 Å². The van der Waals surface area contributed by atoms with E-state index < -0.39 is 24.1 Å². The number of hydrogen-bond acceptors (Lipinski definition) is 6. The van der Waals surface area contributed by atoms with Gasteiger partial charge >= 0.3 is 0 Å². The second kappa shape index (κ2) is 18.5. The van der Waals surface area contributed by atoms with Crippen molar-refractivity contribution in [2.45, 2.75) is 56.9 Å². The second-order valence-corrected chi connectivity index (χ2v) is 13.8. The van der Waals surface area contributed by atoms with Crippen LogP contribution in [0.1, 0.15) is 38.9 Å². The summed E-state index contributed by atoms with van der Waals surface area (Å²) in [5, 5.41) is 0.646. The lowest BCUT2D eigenvalue weighted by Crippen LogP contribution is -2.62. The molecule has 6 aromatic rings. The predicted octanol–water partition coefficient (Wildman–Crippen LogP) is 10.1. The van der Waals surface area contributed by atoms with Crippen LogP contribution in [0.2, 0.25) is 5.02 Å². The van der Waals surface area contributed by atoms with Gasteiger partial charge in [0.05, 0.1) is 26.4 Å². The average molecular weight is 741 g/mol. The van der Waals surface area contributed by atoms with Crippen molar-refractivity contribution in [1.29, 1.82) is 0 Å². The van der Waals surface area contributed by atoms with Gasteiger partial charge in [0.25, 0.3) is 0 Å². The Hall–Kier alpha value is -4.79. The molecule has 1 saturated heterocycles. The van der Waals surface area contributed by atoms with Crippen LogP contribution in [0.5, 0.6) is 5.75 Å². The highest BCUT2D eigenvalue weighted by Crippen LogP contribution is 2.42. The first-order valence-electron chi connectivity index (χ1n) is 18.3. The number of rotatable bonds is 16. The third kappa shape index (κ3) is 9.46. The molecule has 0 radical (unpaired) electrons. The number of halogens is 1. The molecule has 0 aliphatic carbocycles. The Morgan fingerprint density at radius 1 is 0.574 bits per heavy atom. The molecular weight excluding hydrogens is 696 g/mol. The van der Waals surface area contributed by atoms with Gasteiger partial charge < -0.3 is 28.4 Å². The number of methoxy groups -OCH3 is 1. The standard InChI is InChI=1S/C47H45ClO6/c1-49-47(41-24-27-43(48)40(29-41)28-35-22-25-42(26-23-35)50-30-36-14-6-2-7-15-36)46(53-33-39-20-12-5-13-21-39)45(52-32-38-18-10-4-11-19-38)44(34-54-47)51-31-37-16-8-3-9-17-37/h2-27,29,44-46H,28,30-34H2,1H3. The van der Waals surface area contributed by atoms with Crippen molar-refractivity contribution in [1.82, 2.24) is 0 Å². The van der Waals surface area contributed by atoms with E-state index in [0.29, 0.717) is 37.9 Å². The summed E-state index contributed by atoms with van der Waals surface area (Å²) in [4.78, 5) is 0. The smallest absolute Gasteiger partial charge is 0.224 e. The Balaban J connectivity index is 1.18. The minimum atomic E-state index is -1.34. The molecule has 0 N–H and O–H groups in total. The van der Waals surface area contributed by atoms with Crippen LogP contribution in [-0.4, -0.2) is 32.0 Å². The highest BCUT2D eigenvalue weighted by molar-refractivity contribution is 6.31. The van der Waals surface area contributed by atoms with Crippen molar-refractivity contribution in [3.63, 3.8) is 0 Å². The number of hydrogen-bond donors (Lipinski definition) is 0. The summed E-state index contributed by atoms with van der Waals surface area (Å²) in [7, 11) is 1.65. The van der Waals surface area contributed by atoms with Gasteiger partial charge in [-0.3, -0.25) is 0 Å². The summed E-state index contributed by atoms with van der Waals surface area (Å²) in [6.45, 7) is 1.80. The van der Waals surface area contributed by atoms with Gasteiger partial charge in [-0.05, 0) is 64.1 Å². The summed E-state index contributed by atoms with van der Waals surface area (Å²) >= 11 is 6.89. The summed E-state index contributed by atoms with van der Waals surface area (Å²) in [6.07, 6.45) is -1.14. The molecule has 7 rings (SSSR count). The molecule has 0 spiro atoms. The van der Waals surface area contributed by atoms with E-state index in [0.717, 1.165) is 44.7 Å². The maximum atomic E-state index is 6.89. The van der Waals surface area contributed by atoms with Crippen LogP contribution >= 0.6 is 11.6 Å². The second-order valence-electron chi connectivity index (χ2n) is 13.4. The third-order valence-electron chi connectivity index (χ3n) is 9.68. The zero-order chi connectivity index (χ0) is 37.0. The molecule has 6 aromatic carbocycles. The van der Waals surface area contributed by atoms with E-state index >= 15 is 0 Å². The van der Waals surface area contributed by atoms with Crippen LogP contribution in [0.15, 0.2) is 164 Å². The quantitative estimate of drug-likeness (QED) is 0.0985. The van der Waals surface area contributed by atoms with Crippen LogP contribution in [0.25, 0.3) is 0 Å². The van der Waals surface area contributed by atoms with Gasteiger partial charge in [0.15, 0.2) is 0 Å². The summed E-state index contributed by atoms with van der Waals surface area (Å²) in [5.41, 5.74) is 7.04. The van der Waals surface area contributed by atoms with Gasteiger partial charge in [0, 0.05) is 17.7 Å². The number of benzene rings is 6. The zero-order valence-corrected chi connectivity index (χ0v) is 31.1. The summed E-state index contributed by atoms with van der Waals surface area (Å²) < 4.78 is 39.5. The van der Waals surface area contributed by atoms with E-state index in [2.05, 4.69) is 42.5 Å². The zero-order valence-electron chi connectivity index (χ0n) is 30.4. The molecular formula is C47H45ClO6. The normalized spacial score (nSPS) is 19.7. The molecule has 1 aliphatic heterocycles. The van der Waals surface area contributed by atoms with Crippen LogP contribution in [-0.2, 0) is 62.3 Å². The predicted molar refractivity (Wildman–Crippen MR) is 211 cm³/mol. The Kier molecular flexibility index (Phi) is 12.9. The maximum absolute atomic E-state index is 6.89. The minimum absolute atomic E-state index is 0.216. The van der Waals surface area contributed by atoms with Crippen molar-refractivity contribution in [2.75, 3.05) is 13.7 Å². The molecule has 1 fully saturated rings. The monoisotopic (exact) mass is 740 g/mol. The molecule has 54 heavy (non-hydrogen) atoms. The van der Waals surface area contributed by atoms with E-state index in [1.807, 2.05) is 121 Å². The first-order chi connectivity index (χ1) is 26.6. The molecule has 4 atom stereocenters. The van der Waals surface area contributed by atoms with Crippen LogP contribution in [0.3, 0.4) is 0 Å². The van der Waals surface area contributed by atoms with Gasteiger partial charge in [0.2, 0.25) is 5.79 Å². The fourth-order valence-electron chi connectivity index (χ4n) is 6.77. The molecule has 0 bridgehead atoms. The molecule has 7 heteroatoms. The minimum Gasteiger partial charge on any atom is -0.489 e. The summed E-state index contributed by atoms with van der Waals surface area (Å²) in [6, 6.07) is 54.5.